The third-order valence-electron chi connectivity index (χ3n) is 1.82. The highest BCUT2D eigenvalue weighted by Gasteiger charge is 2.29. The van der Waals surface area contributed by atoms with Crippen molar-refractivity contribution in [2.45, 2.75) is 51.7 Å². The fraction of sp³-hybridized carbons (Fsp3) is 0.800. The normalized spacial score (nSPS) is 38.7. The smallest absolute Gasteiger partial charge is 0.303 e. The molecule has 0 radical (unpaired) electrons. The number of hydrogen-bond acceptors (Lipinski definition) is 4. The monoisotopic (exact) mass is 203 g/mol. The van der Waals surface area contributed by atoms with Gasteiger partial charge in [-0.25, -0.2) is 0 Å². The zero-order valence-corrected chi connectivity index (χ0v) is 8.33. The summed E-state index contributed by atoms with van der Waals surface area (Å²) in [6, 6.07) is 0. The molecule has 2 atom stereocenters. The van der Waals surface area contributed by atoms with E-state index < -0.39 is 30.5 Å². The van der Waals surface area contributed by atoms with Gasteiger partial charge in [-0.15, -0.1) is 0 Å². The van der Waals surface area contributed by atoms with Gasteiger partial charge in [-0.05, 0) is 25.6 Å². The first-order valence-corrected chi connectivity index (χ1v) is 4.51. The van der Waals surface area contributed by atoms with E-state index >= 15 is 0 Å². The fourth-order valence-electron chi connectivity index (χ4n) is 1.33. The average Bonchev–Trinajstić information content (AvgIpc) is 2.10. The number of carbonyl (C=O) groups is 2. The topological polar surface area (TPSA) is 52.6 Å². The van der Waals surface area contributed by atoms with Gasteiger partial charge in [0.25, 0.3) is 0 Å². The van der Waals surface area contributed by atoms with Crippen LogP contribution in [-0.2, 0) is 19.1 Å². The van der Waals surface area contributed by atoms with Crippen molar-refractivity contribution in [2.75, 3.05) is 0 Å². The van der Waals surface area contributed by atoms with Gasteiger partial charge in [0.2, 0.25) is 0 Å². The molecule has 1 rings (SSSR count). The van der Waals surface area contributed by atoms with E-state index in [0.717, 1.165) is 0 Å². The Morgan fingerprint density at radius 3 is 2.50 bits per heavy atom. The van der Waals surface area contributed by atoms with E-state index in [2.05, 4.69) is 0 Å². The summed E-state index contributed by atoms with van der Waals surface area (Å²) in [7, 11) is 0. The molecule has 0 aromatic rings. The van der Waals surface area contributed by atoms with Crippen molar-refractivity contribution in [3.05, 3.63) is 0 Å². The van der Waals surface area contributed by atoms with Crippen molar-refractivity contribution in [2.24, 2.45) is 0 Å². The number of rotatable bonds is 2. The van der Waals surface area contributed by atoms with Crippen molar-refractivity contribution < 1.29 is 23.2 Å². The van der Waals surface area contributed by atoms with E-state index in [1.165, 1.54) is 13.8 Å². The quantitative estimate of drug-likeness (QED) is 0.637. The molecule has 1 aliphatic rings. The molecule has 0 aromatic heterocycles. The van der Waals surface area contributed by atoms with Gasteiger partial charge < -0.3 is 9.47 Å². The highest BCUT2D eigenvalue weighted by molar-refractivity contribution is 5.67. The predicted molar refractivity (Wildman–Crippen MR) is 49.6 cm³/mol. The standard InChI is InChI=1S/C10H16O4/c1-7(11)13-9-5-3-4-6-10(9)14-8(2)12/h9-10H,3-6H2,1-2H3/t9-,10-/m1/s1/i3D2,10D. The molecule has 1 fully saturated rings. The summed E-state index contributed by atoms with van der Waals surface area (Å²) in [6.07, 6.45) is -4.27. The Kier molecular flexibility index (Phi) is 2.58. The molecule has 0 amide bonds. The molecule has 80 valence electrons. The van der Waals surface area contributed by atoms with Crippen LogP contribution in [0.2, 0.25) is 0 Å². The third kappa shape index (κ3) is 3.36. The van der Waals surface area contributed by atoms with Gasteiger partial charge in [0.05, 0.1) is 1.37 Å². The van der Waals surface area contributed by atoms with Crippen molar-refractivity contribution in [1.82, 2.24) is 0 Å². The fourth-order valence-corrected chi connectivity index (χ4v) is 1.33. The average molecular weight is 203 g/mol. The van der Waals surface area contributed by atoms with Crippen LogP contribution in [0.5, 0.6) is 0 Å². The predicted octanol–water partition coefficient (Wildman–Crippen LogP) is 1.42. The molecule has 0 N–H and O–H groups in total. The van der Waals surface area contributed by atoms with Gasteiger partial charge in [-0.3, -0.25) is 9.59 Å². The largest absolute Gasteiger partial charge is 0.459 e. The molecule has 0 heterocycles. The van der Waals surface area contributed by atoms with Crippen LogP contribution in [0.3, 0.4) is 0 Å². The number of hydrogen-bond donors (Lipinski definition) is 0. The summed E-state index contributed by atoms with van der Waals surface area (Å²) in [5.74, 6) is -1.25. The van der Waals surface area contributed by atoms with E-state index in [1.807, 2.05) is 0 Å². The first kappa shape index (κ1) is 7.26. The highest BCUT2D eigenvalue weighted by Crippen LogP contribution is 2.24. The molecule has 0 spiro atoms. The van der Waals surface area contributed by atoms with Gasteiger partial charge in [-0.2, -0.15) is 0 Å². The molecule has 0 unspecified atom stereocenters. The Morgan fingerprint density at radius 1 is 1.29 bits per heavy atom. The minimum atomic E-state index is -1.68. The van der Waals surface area contributed by atoms with E-state index in [9.17, 15) is 9.59 Å². The number of esters is 2. The second kappa shape index (κ2) is 4.98. The van der Waals surface area contributed by atoms with Gasteiger partial charge in [0.15, 0.2) is 0 Å². The van der Waals surface area contributed by atoms with Crippen molar-refractivity contribution in [1.29, 1.82) is 0 Å². The molecule has 0 saturated heterocycles. The minimum absolute atomic E-state index is 0.0114. The number of carbonyl (C=O) groups excluding carboxylic acids is 2. The van der Waals surface area contributed by atoms with E-state index in [0.29, 0.717) is 0 Å². The summed E-state index contributed by atoms with van der Waals surface area (Å²) in [5.41, 5.74) is 0. The Morgan fingerprint density at radius 2 is 1.93 bits per heavy atom. The lowest BCUT2D eigenvalue weighted by molar-refractivity contribution is -0.168. The molecule has 0 aromatic carbocycles. The first-order valence-electron chi connectivity index (χ1n) is 6.01. The van der Waals surface area contributed by atoms with Crippen molar-refractivity contribution in [3.8, 4) is 0 Å². The maximum atomic E-state index is 10.9. The van der Waals surface area contributed by atoms with Gasteiger partial charge in [0, 0.05) is 16.6 Å². The van der Waals surface area contributed by atoms with Crippen LogP contribution in [-0.4, -0.2) is 24.1 Å². The zero-order chi connectivity index (χ0) is 13.3. The lowest BCUT2D eigenvalue weighted by atomic mass is 9.94. The first-order chi connectivity index (χ1) is 7.65. The minimum Gasteiger partial charge on any atom is -0.459 e. The van der Waals surface area contributed by atoms with Crippen LogP contribution in [0.1, 0.15) is 43.6 Å². The summed E-state index contributed by atoms with van der Waals surface area (Å²) < 4.78 is 33.0. The van der Waals surface area contributed by atoms with Gasteiger partial charge in [-0.1, -0.05) is 0 Å². The van der Waals surface area contributed by atoms with Crippen LogP contribution in [0, 0.1) is 0 Å². The second-order valence-corrected chi connectivity index (χ2v) is 3.11. The Hall–Kier alpha value is -1.06. The SMILES string of the molecule is [2H]C1([2H])CC[C@@]([2H])(OC(C)=O)[C@H](OC(C)=O)C1. The van der Waals surface area contributed by atoms with Gasteiger partial charge in [0.1, 0.15) is 12.2 Å². The Labute approximate surface area is 87.8 Å². The highest BCUT2D eigenvalue weighted by atomic mass is 16.6. The maximum absolute atomic E-state index is 10.9. The van der Waals surface area contributed by atoms with E-state index in [-0.39, 0.29) is 19.3 Å². The van der Waals surface area contributed by atoms with Crippen molar-refractivity contribution >= 4 is 11.9 Å². The molecule has 1 saturated carbocycles. The van der Waals surface area contributed by atoms with E-state index in [4.69, 9.17) is 13.6 Å². The molecule has 14 heavy (non-hydrogen) atoms. The van der Waals surface area contributed by atoms with E-state index in [1.54, 1.807) is 0 Å². The van der Waals surface area contributed by atoms with Gasteiger partial charge >= 0.3 is 11.9 Å². The molecule has 0 bridgehead atoms. The number of ether oxygens (including phenoxy) is 2. The van der Waals surface area contributed by atoms with Crippen LogP contribution in [0.15, 0.2) is 0 Å². The maximum Gasteiger partial charge on any atom is 0.303 e. The summed E-state index contributed by atoms with van der Waals surface area (Å²) >= 11 is 0. The zero-order valence-electron chi connectivity index (χ0n) is 11.3. The molecular weight excluding hydrogens is 184 g/mol. The second-order valence-electron chi connectivity index (χ2n) is 3.11. The Bertz CT molecular complexity index is 332. The lowest BCUT2D eigenvalue weighted by Crippen LogP contribution is -2.36. The molecule has 0 aliphatic heterocycles. The molecular formula is C10H16O4. The summed E-state index contributed by atoms with van der Waals surface area (Å²) in [4.78, 5) is 21.9. The lowest BCUT2D eigenvalue weighted by Gasteiger charge is -2.29. The summed E-state index contributed by atoms with van der Waals surface area (Å²) in [6.45, 7) is 2.35. The van der Waals surface area contributed by atoms with Crippen LogP contribution in [0.25, 0.3) is 0 Å². The molecule has 4 heteroatoms. The molecule has 1 aliphatic carbocycles. The van der Waals surface area contributed by atoms with Crippen LogP contribution < -0.4 is 0 Å². The van der Waals surface area contributed by atoms with Crippen molar-refractivity contribution in [3.63, 3.8) is 0 Å². The Balaban J connectivity index is 2.86. The van der Waals surface area contributed by atoms with Crippen LogP contribution >= 0.6 is 0 Å². The molecule has 4 nitrogen and oxygen atoms in total. The summed E-state index contributed by atoms with van der Waals surface area (Å²) in [5, 5.41) is 0. The van der Waals surface area contributed by atoms with Crippen LogP contribution in [0.4, 0.5) is 0 Å². The third-order valence-corrected chi connectivity index (χ3v) is 1.82.